The van der Waals surface area contributed by atoms with E-state index in [2.05, 4.69) is 20.9 Å². The van der Waals surface area contributed by atoms with Crippen LogP contribution in [0.25, 0.3) is 0 Å². The Morgan fingerprint density at radius 2 is 2.05 bits per heavy atom. The Bertz CT molecular complexity index is 603. The largest absolute Gasteiger partial charge is 0.347 e. The van der Waals surface area contributed by atoms with Crippen LogP contribution in [0, 0.1) is 11.3 Å². The summed E-state index contributed by atoms with van der Waals surface area (Å²) < 4.78 is 0. The van der Waals surface area contributed by atoms with Crippen molar-refractivity contribution in [3.63, 3.8) is 0 Å². The van der Waals surface area contributed by atoms with E-state index in [1.165, 1.54) is 0 Å². The monoisotopic (exact) mass is 250 g/mol. The summed E-state index contributed by atoms with van der Waals surface area (Å²) in [5, 5.41) is 9.20. The average molecular weight is 250 g/mol. The number of hydrogen-bond acceptors (Lipinski definition) is 4. The minimum atomic E-state index is 0.225. The molecular formula is C15H14N4. The molecule has 1 aliphatic rings. The van der Waals surface area contributed by atoms with Crippen molar-refractivity contribution in [2.75, 3.05) is 11.4 Å². The van der Waals surface area contributed by atoms with Gasteiger partial charge in [-0.3, -0.25) is 4.98 Å². The molecule has 1 saturated heterocycles. The molecule has 0 N–H and O–H groups in total. The first-order valence-electron chi connectivity index (χ1n) is 6.43. The van der Waals surface area contributed by atoms with Gasteiger partial charge in [-0.25, -0.2) is 4.98 Å². The summed E-state index contributed by atoms with van der Waals surface area (Å²) in [7, 11) is 0. The van der Waals surface area contributed by atoms with Gasteiger partial charge in [0.15, 0.2) is 0 Å². The summed E-state index contributed by atoms with van der Waals surface area (Å²) in [5.41, 5.74) is 1.68. The minimum absolute atomic E-state index is 0.225. The van der Waals surface area contributed by atoms with E-state index in [0.717, 1.165) is 30.9 Å². The maximum Gasteiger partial charge on any atom is 0.147 e. The van der Waals surface area contributed by atoms with Crippen LogP contribution in [0.5, 0.6) is 0 Å². The van der Waals surface area contributed by atoms with E-state index in [0.29, 0.717) is 5.56 Å². The van der Waals surface area contributed by atoms with Gasteiger partial charge in [-0.1, -0.05) is 6.07 Å². The Hall–Kier alpha value is -2.41. The zero-order valence-corrected chi connectivity index (χ0v) is 10.5. The Morgan fingerprint density at radius 3 is 2.84 bits per heavy atom. The molecule has 4 heteroatoms. The van der Waals surface area contributed by atoms with E-state index in [9.17, 15) is 5.26 Å². The first-order valence-corrected chi connectivity index (χ1v) is 6.43. The lowest BCUT2D eigenvalue weighted by Gasteiger charge is -2.25. The van der Waals surface area contributed by atoms with Crippen LogP contribution in [0.15, 0.2) is 42.7 Å². The van der Waals surface area contributed by atoms with Crippen LogP contribution >= 0.6 is 0 Å². The fourth-order valence-electron chi connectivity index (χ4n) is 2.61. The summed E-state index contributed by atoms with van der Waals surface area (Å²) in [6.07, 6.45) is 5.71. The lowest BCUT2D eigenvalue weighted by Crippen LogP contribution is -2.25. The van der Waals surface area contributed by atoms with Gasteiger partial charge in [-0.05, 0) is 37.1 Å². The molecule has 3 rings (SSSR count). The highest BCUT2D eigenvalue weighted by molar-refractivity contribution is 5.55. The second-order valence-electron chi connectivity index (χ2n) is 4.59. The van der Waals surface area contributed by atoms with Gasteiger partial charge in [0, 0.05) is 18.9 Å². The van der Waals surface area contributed by atoms with Crippen LogP contribution in [0.1, 0.15) is 30.1 Å². The van der Waals surface area contributed by atoms with Crippen molar-refractivity contribution in [3.8, 4) is 6.07 Å². The number of anilines is 1. The molecule has 0 bridgehead atoms. The molecule has 1 atom stereocenters. The molecule has 0 aromatic carbocycles. The van der Waals surface area contributed by atoms with Crippen molar-refractivity contribution in [1.29, 1.82) is 5.26 Å². The van der Waals surface area contributed by atoms with Gasteiger partial charge in [0.05, 0.1) is 17.3 Å². The average Bonchev–Trinajstić information content (AvgIpc) is 2.97. The van der Waals surface area contributed by atoms with Gasteiger partial charge in [0.25, 0.3) is 0 Å². The zero-order chi connectivity index (χ0) is 13.1. The van der Waals surface area contributed by atoms with Gasteiger partial charge >= 0.3 is 0 Å². The Morgan fingerprint density at radius 1 is 1.16 bits per heavy atom. The van der Waals surface area contributed by atoms with Gasteiger partial charge in [-0.2, -0.15) is 5.26 Å². The van der Waals surface area contributed by atoms with Crippen molar-refractivity contribution in [1.82, 2.24) is 9.97 Å². The Balaban J connectivity index is 1.98. The number of rotatable bonds is 2. The van der Waals surface area contributed by atoms with Crippen molar-refractivity contribution >= 4 is 5.82 Å². The maximum atomic E-state index is 9.20. The van der Waals surface area contributed by atoms with Gasteiger partial charge in [0.1, 0.15) is 11.9 Å². The fourth-order valence-corrected chi connectivity index (χ4v) is 2.61. The van der Waals surface area contributed by atoms with E-state index in [4.69, 9.17) is 0 Å². The standard InChI is InChI=1S/C15H14N4/c16-11-12-5-3-9-18-15(12)19-10-4-7-14(19)13-6-1-2-8-17-13/h1-3,5-6,8-9,14H,4,7,10H2. The lowest BCUT2D eigenvalue weighted by molar-refractivity contribution is 0.687. The third-order valence-electron chi connectivity index (χ3n) is 3.46. The van der Waals surface area contributed by atoms with Crippen LogP contribution in [0.2, 0.25) is 0 Å². The first kappa shape index (κ1) is 11.7. The summed E-state index contributed by atoms with van der Waals surface area (Å²) in [6, 6.07) is 12.0. The second kappa shape index (κ2) is 5.07. The number of nitrogens with zero attached hydrogens (tertiary/aromatic N) is 4. The summed E-state index contributed by atoms with van der Waals surface area (Å²) >= 11 is 0. The summed E-state index contributed by atoms with van der Waals surface area (Å²) in [4.78, 5) is 11.0. The molecular weight excluding hydrogens is 236 g/mol. The van der Waals surface area contributed by atoms with E-state index in [1.54, 1.807) is 12.3 Å². The third kappa shape index (κ3) is 2.15. The first-order chi connectivity index (χ1) is 9.40. The van der Waals surface area contributed by atoms with Crippen molar-refractivity contribution in [2.45, 2.75) is 18.9 Å². The van der Waals surface area contributed by atoms with Gasteiger partial charge in [-0.15, -0.1) is 0 Å². The minimum Gasteiger partial charge on any atom is -0.347 e. The van der Waals surface area contributed by atoms with E-state index in [-0.39, 0.29) is 6.04 Å². The molecule has 3 heterocycles. The smallest absolute Gasteiger partial charge is 0.147 e. The van der Waals surface area contributed by atoms with Gasteiger partial charge in [0.2, 0.25) is 0 Å². The lowest BCUT2D eigenvalue weighted by atomic mass is 10.1. The maximum absolute atomic E-state index is 9.20. The van der Waals surface area contributed by atoms with E-state index < -0.39 is 0 Å². The quantitative estimate of drug-likeness (QED) is 0.822. The number of pyridine rings is 2. The molecule has 4 nitrogen and oxygen atoms in total. The molecule has 1 unspecified atom stereocenters. The molecule has 0 aliphatic carbocycles. The zero-order valence-electron chi connectivity index (χ0n) is 10.5. The van der Waals surface area contributed by atoms with Crippen molar-refractivity contribution < 1.29 is 0 Å². The molecule has 0 saturated carbocycles. The number of aromatic nitrogens is 2. The predicted molar refractivity (Wildman–Crippen MR) is 72.5 cm³/mol. The third-order valence-corrected chi connectivity index (χ3v) is 3.46. The van der Waals surface area contributed by atoms with Crippen molar-refractivity contribution in [3.05, 3.63) is 54.0 Å². The number of hydrogen-bond donors (Lipinski definition) is 0. The van der Waals surface area contributed by atoms with E-state index in [1.807, 2.05) is 30.5 Å². The summed E-state index contributed by atoms with van der Waals surface area (Å²) in [6.45, 7) is 0.924. The molecule has 0 amide bonds. The molecule has 94 valence electrons. The van der Waals surface area contributed by atoms with Crippen molar-refractivity contribution in [2.24, 2.45) is 0 Å². The molecule has 2 aromatic heterocycles. The number of nitriles is 1. The molecule has 2 aromatic rings. The van der Waals surface area contributed by atoms with Crippen LogP contribution < -0.4 is 4.90 Å². The molecule has 1 fully saturated rings. The SMILES string of the molecule is N#Cc1cccnc1N1CCCC1c1ccccn1. The Kier molecular flexibility index (Phi) is 3.11. The molecule has 0 spiro atoms. The fraction of sp³-hybridized carbons (Fsp3) is 0.267. The van der Waals surface area contributed by atoms with E-state index >= 15 is 0 Å². The molecule has 1 aliphatic heterocycles. The highest BCUT2D eigenvalue weighted by atomic mass is 15.2. The highest BCUT2D eigenvalue weighted by Crippen LogP contribution is 2.35. The second-order valence-corrected chi connectivity index (χ2v) is 4.59. The van der Waals surface area contributed by atoms with Crippen LogP contribution in [0.4, 0.5) is 5.82 Å². The normalized spacial score (nSPS) is 18.3. The summed E-state index contributed by atoms with van der Waals surface area (Å²) in [5.74, 6) is 0.776. The Labute approximate surface area is 112 Å². The van der Waals surface area contributed by atoms with Gasteiger partial charge < -0.3 is 4.90 Å². The van der Waals surface area contributed by atoms with Crippen LogP contribution in [0.3, 0.4) is 0 Å². The highest BCUT2D eigenvalue weighted by Gasteiger charge is 2.29. The van der Waals surface area contributed by atoms with Crippen LogP contribution in [-0.2, 0) is 0 Å². The molecule has 19 heavy (non-hydrogen) atoms. The topological polar surface area (TPSA) is 52.8 Å². The van der Waals surface area contributed by atoms with Crippen LogP contribution in [-0.4, -0.2) is 16.5 Å². The predicted octanol–water partition coefficient (Wildman–Crippen LogP) is 2.69. The molecule has 0 radical (unpaired) electrons.